The van der Waals surface area contributed by atoms with Crippen LogP contribution in [0.2, 0.25) is 0 Å². The summed E-state index contributed by atoms with van der Waals surface area (Å²) in [7, 11) is 1.87. The van der Waals surface area contributed by atoms with Crippen LogP contribution < -0.4 is 10.2 Å². The lowest BCUT2D eigenvalue weighted by molar-refractivity contribution is -0.118. The second-order valence-electron chi connectivity index (χ2n) is 4.45. The molecule has 0 atom stereocenters. The Balaban J connectivity index is 2.31. The van der Waals surface area contributed by atoms with Gasteiger partial charge in [-0.3, -0.25) is 4.79 Å². The molecule has 1 heterocycles. The van der Waals surface area contributed by atoms with Crippen LogP contribution in [0.1, 0.15) is 11.1 Å². The van der Waals surface area contributed by atoms with Gasteiger partial charge in [0.05, 0.1) is 25.7 Å². The van der Waals surface area contributed by atoms with E-state index in [4.69, 9.17) is 0 Å². The molecule has 1 aromatic carbocycles. The van der Waals surface area contributed by atoms with E-state index in [1.165, 1.54) is 4.90 Å². The van der Waals surface area contributed by atoms with Crippen LogP contribution in [0.3, 0.4) is 0 Å². The molecular formula is C13H18N2O3. The molecule has 0 fully saturated rings. The third-order valence-corrected chi connectivity index (χ3v) is 3.18. The Labute approximate surface area is 106 Å². The predicted octanol–water partition coefficient (Wildman–Crippen LogP) is -0.352. The minimum atomic E-state index is -0.547. The Bertz CT molecular complexity index is 444. The van der Waals surface area contributed by atoms with E-state index >= 15 is 0 Å². The average molecular weight is 250 g/mol. The first kappa shape index (κ1) is 13.0. The Morgan fingerprint density at radius 3 is 2.72 bits per heavy atom. The molecule has 5 heteroatoms. The highest BCUT2D eigenvalue weighted by molar-refractivity contribution is 6.02. The molecule has 1 amide bonds. The van der Waals surface area contributed by atoms with Gasteiger partial charge in [0.1, 0.15) is 0 Å². The third-order valence-electron chi connectivity index (χ3n) is 3.18. The van der Waals surface area contributed by atoms with Gasteiger partial charge >= 0.3 is 0 Å². The van der Waals surface area contributed by atoms with Crippen LogP contribution in [0.5, 0.6) is 0 Å². The van der Waals surface area contributed by atoms with Gasteiger partial charge in [0.2, 0.25) is 5.91 Å². The lowest BCUT2D eigenvalue weighted by Crippen LogP contribution is -2.42. The molecule has 18 heavy (non-hydrogen) atoms. The van der Waals surface area contributed by atoms with Gasteiger partial charge in [-0.15, -0.1) is 0 Å². The topological polar surface area (TPSA) is 72.8 Å². The van der Waals surface area contributed by atoms with Crippen molar-refractivity contribution in [3.63, 3.8) is 0 Å². The number of hydrogen-bond donors (Lipinski definition) is 3. The summed E-state index contributed by atoms with van der Waals surface area (Å²) in [5.74, 6) is -0.0697. The number of aliphatic hydroxyl groups is 2. The zero-order valence-corrected chi connectivity index (χ0v) is 10.4. The van der Waals surface area contributed by atoms with Crippen LogP contribution >= 0.6 is 0 Å². The number of nitrogens with zero attached hydrogens (tertiary/aromatic N) is 1. The lowest BCUT2D eigenvalue weighted by atomic mass is 10.1. The first-order chi connectivity index (χ1) is 8.71. The number of carbonyl (C=O) groups excluding carboxylic acids is 1. The molecule has 1 aromatic rings. The number of fused-ring (bicyclic) bond motifs is 1. The van der Waals surface area contributed by atoms with Crippen LogP contribution in [0.4, 0.5) is 5.69 Å². The summed E-state index contributed by atoms with van der Waals surface area (Å²) in [4.78, 5) is 13.4. The summed E-state index contributed by atoms with van der Waals surface area (Å²) in [5, 5.41) is 21.5. The highest BCUT2D eigenvalue weighted by Crippen LogP contribution is 2.31. The number of carbonyl (C=O) groups is 1. The molecule has 98 valence electrons. The van der Waals surface area contributed by atoms with Crippen molar-refractivity contribution in [3.8, 4) is 0 Å². The van der Waals surface area contributed by atoms with Crippen LogP contribution in [0.15, 0.2) is 18.2 Å². The van der Waals surface area contributed by atoms with Crippen molar-refractivity contribution in [1.82, 2.24) is 5.32 Å². The second kappa shape index (κ2) is 5.48. The molecule has 2 rings (SSSR count). The minimum absolute atomic E-state index is 0.0697. The second-order valence-corrected chi connectivity index (χ2v) is 4.45. The van der Waals surface area contributed by atoms with Crippen molar-refractivity contribution in [1.29, 1.82) is 0 Å². The van der Waals surface area contributed by atoms with Crippen molar-refractivity contribution >= 4 is 11.6 Å². The van der Waals surface area contributed by atoms with Crippen LogP contribution in [-0.2, 0) is 17.8 Å². The maximum Gasteiger partial charge on any atom is 0.231 e. The van der Waals surface area contributed by atoms with Gasteiger partial charge in [-0.25, -0.2) is 0 Å². The van der Waals surface area contributed by atoms with Crippen molar-refractivity contribution < 1.29 is 15.0 Å². The molecule has 0 aliphatic carbocycles. The van der Waals surface area contributed by atoms with Crippen LogP contribution in [-0.4, -0.2) is 42.4 Å². The lowest BCUT2D eigenvalue weighted by Gasteiger charge is -2.25. The predicted molar refractivity (Wildman–Crippen MR) is 68.4 cm³/mol. The first-order valence-corrected chi connectivity index (χ1v) is 6.01. The normalized spacial score (nSPS) is 14.4. The number of nitrogens with one attached hydrogen (secondary N) is 1. The maximum absolute atomic E-state index is 11.9. The summed E-state index contributed by atoms with van der Waals surface area (Å²) in [6.45, 7) is 0.283. The van der Waals surface area contributed by atoms with Gasteiger partial charge in [0.15, 0.2) is 0 Å². The van der Waals surface area contributed by atoms with Gasteiger partial charge in [0, 0.05) is 12.2 Å². The van der Waals surface area contributed by atoms with Gasteiger partial charge in [-0.05, 0) is 24.2 Å². The van der Waals surface area contributed by atoms with E-state index in [1.807, 2.05) is 25.2 Å². The van der Waals surface area contributed by atoms with E-state index in [9.17, 15) is 15.0 Å². The average Bonchev–Trinajstić information content (AvgIpc) is 2.68. The Kier molecular flexibility index (Phi) is 3.96. The highest BCUT2D eigenvalue weighted by Gasteiger charge is 2.32. The molecule has 1 aliphatic heterocycles. The zero-order chi connectivity index (χ0) is 13.1. The van der Waals surface area contributed by atoms with E-state index in [2.05, 4.69) is 5.32 Å². The standard InChI is InChI=1S/C13H18N2O3/c1-14-6-9-2-3-12-10(4-9)5-13(18)15(12)11(7-16)8-17/h2-4,11,14,16-17H,5-8H2,1H3. The largest absolute Gasteiger partial charge is 0.394 e. The Morgan fingerprint density at radius 1 is 1.39 bits per heavy atom. The van der Waals surface area contributed by atoms with E-state index in [0.717, 1.165) is 23.4 Å². The van der Waals surface area contributed by atoms with E-state index in [0.29, 0.717) is 6.42 Å². The van der Waals surface area contributed by atoms with Crippen LogP contribution in [0, 0.1) is 0 Å². The molecule has 0 spiro atoms. The Morgan fingerprint density at radius 2 is 2.11 bits per heavy atom. The molecule has 0 unspecified atom stereocenters. The fraction of sp³-hybridized carbons (Fsp3) is 0.462. The number of amides is 1. The summed E-state index contributed by atoms with van der Waals surface area (Å²) < 4.78 is 0. The molecule has 0 saturated heterocycles. The summed E-state index contributed by atoms with van der Waals surface area (Å²) in [5.41, 5.74) is 2.88. The molecule has 3 N–H and O–H groups in total. The molecule has 0 bridgehead atoms. The van der Waals surface area contributed by atoms with E-state index in [1.54, 1.807) is 0 Å². The van der Waals surface area contributed by atoms with Crippen molar-refractivity contribution in [2.45, 2.75) is 19.0 Å². The fourth-order valence-corrected chi connectivity index (χ4v) is 2.33. The maximum atomic E-state index is 11.9. The smallest absolute Gasteiger partial charge is 0.231 e. The quantitative estimate of drug-likeness (QED) is 0.668. The third kappa shape index (κ3) is 2.25. The molecular weight excluding hydrogens is 232 g/mol. The summed E-state index contributed by atoms with van der Waals surface area (Å²) in [6.07, 6.45) is 0.337. The number of aliphatic hydroxyl groups excluding tert-OH is 2. The summed E-state index contributed by atoms with van der Waals surface area (Å²) in [6, 6.07) is 5.28. The number of hydrogen-bond acceptors (Lipinski definition) is 4. The Hall–Kier alpha value is -1.43. The first-order valence-electron chi connectivity index (χ1n) is 6.01. The highest BCUT2D eigenvalue weighted by atomic mass is 16.3. The minimum Gasteiger partial charge on any atom is -0.394 e. The van der Waals surface area contributed by atoms with Crippen molar-refractivity contribution in [2.24, 2.45) is 0 Å². The number of benzene rings is 1. The van der Waals surface area contributed by atoms with Crippen molar-refractivity contribution in [2.75, 3.05) is 25.2 Å². The van der Waals surface area contributed by atoms with Gasteiger partial charge in [0.25, 0.3) is 0 Å². The number of anilines is 1. The van der Waals surface area contributed by atoms with Crippen molar-refractivity contribution in [3.05, 3.63) is 29.3 Å². The van der Waals surface area contributed by atoms with E-state index in [-0.39, 0.29) is 19.1 Å². The zero-order valence-electron chi connectivity index (χ0n) is 10.4. The SMILES string of the molecule is CNCc1ccc2c(c1)CC(=O)N2C(CO)CO. The van der Waals surface area contributed by atoms with E-state index < -0.39 is 6.04 Å². The molecule has 5 nitrogen and oxygen atoms in total. The fourth-order valence-electron chi connectivity index (χ4n) is 2.33. The number of rotatable bonds is 5. The van der Waals surface area contributed by atoms with Gasteiger partial charge in [-0.1, -0.05) is 12.1 Å². The molecule has 0 saturated carbocycles. The molecule has 1 aliphatic rings. The monoisotopic (exact) mass is 250 g/mol. The van der Waals surface area contributed by atoms with Crippen LogP contribution in [0.25, 0.3) is 0 Å². The molecule has 0 radical (unpaired) electrons. The van der Waals surface area contributed by atoms with Gasteiger partial charge < -0.3 is 20.4 Å². The summed E-state index contributed by atoms with van der Waals surface area (Å²) >= 11 is 0. The van der Waals surface area contributed by atoms with Gasteiger partial charge in [-0.2, -0.15) is 0 Å². The molecule has 0 aromatic heterocycles.